The summed E-state index contributed by atoms with van der Waals surface area (Å²) < 4.78 is 8.11. The molecule has 1 N–H and O–H groups in total. The van der Waals surface area contributed by atoms with Gasteiger partial charge in [0.05, 0.1) is 7.11 Å². The van der Waals surface area contributed by atoms with Crippen LogP contribution in [0.15, 0.2) is 59.4 Å². The predicted octanol–water partition coefficient (Wildman–Crippen LogP) is 2.55. The molecule has 1 heterocycles. The van der Waals surface area contributed by atoms with E-state index < -0.39 is 0 Å². The molecule has 0 bridgehead atoms. The van der Waals surface area contributed by atoms with E-state index in [1.807, 2.05) is 56.3 Å². The first kappa shape index (κ1) is 20.4. The van der Waals surface area contributed by atoms with Gasteiger partial charge in [0, 0.05) is 12.5 Å². The molecule has 0 fully saturated rings. The number of ether oxygens (including phenoxy) is 1. The summed E-state index contributed by atoms with van der Waals surface area (Å²) in [6.07, 6.45) is 1.26. The number of nitrogens with zero attached hydrogens (tertiary/aromatic N) is 3. The number of amides is 1. The molecule has 0 aliphatic heterocycles. The lowest BCUT2D eigenvalue weighted by Crippen LogP contribution is -2.37. The lowest BCUT2D eigenvalue weighted by Gasteiger charge is -2.12. The van der Waals surface area contributed by atoms with Crippen molar-refractivity contribution in [3.8, 4) is 11.4 Å². The Labute approximate surface area is 169 Å². The summed E-state index contributed by atoms with van der Waals surface area (Å²) in [5.74, 6) is 0.844. The lowest BCUT2D eigenvalue weighted by atomic mass is 10.1. The molecule has 7 nitrogen and oxygen atoms in total. The normalized spacial score (nSPS) is 11.8. The lowest BCUT2D eigenvalue weighted by molar-refractivity contribution is -0.122. The highest BCUT2D eigenvalue weighted by molar-refractivity contribution is 5.76. The molecule has 1 atom stereocenters. The molecule has 1 aromatic heterocycles. The van der Waals surface area contributed by atoms with Crippen LogP contribution in [0.4, 0.5) is 0 Å². The molecule has 3 aromatic rings. The fourth-order valence-electron chi connectivity index (χ4n) is 3.03. The van der Waals surface area contributed by atoms with Crippen LogP contribution in [0.1, 0.15) is 31.7 Å². The highest BCUT2D eigenvalue weighted by Gasteiger charge is 2.19. The molecule has 0 aliphatic rings. The molecule has 0 spiro atoms. The van der Waals surface area contributed by atoms with E-state index in [0.29, 0.717) is 23.7 Å². The second-order valence-corrected chi connectivity index (χ2v) is 6.91. The first-order chi connectivity index (χ1) is 14.0. The number of hydrogen-bond donors (Lipinski definition) is 1. The average Bonchev–Trinajstić information content (AvgIpc) is 3.03. The van der Waals surface area contributed by atoms with Crippen LogP contribution in [0, 0.1) is 0 Å². The molecule has 0 saturated carbocycles. The summed E-state index contributed by atoms with van der Waals surface area (Å²) in [6, 6.07) is 17.0. The van der Waals surface area contributed by atoms with Gasteiger partial charge in [-0.3, -0.25) is 9.36 Å². The van der Waals surface area contributed by atoms with Crippen molar-refractivity contribution in [2.45, 2.75) is 39.3 Å². The molecule has 1 amide bonds. The third kappa shape index (κ3) is 4.74. The van der Waals surface area contributed by atoms with E-state index in [4.69, 9.17) is 4.74 Å². The minimum atomic E-state index is -0.375. The fraction of sp³-hybridized carbons (Fsp3) is 0.318. The second-order valence-electron chi connectivity index (χ2n) is 6.91. The van der Waals surface area contributed by atoms with Crippen LogP contribution in [0.3, 0.4) is 0 Å². The van der Waals surface area contributed by atoms with E-state index >= 15 is 0 Å². The topological polar surface area (TPSA) is 78.2 Å². The van der Waals surface area contributed by atoms with Gasteiger partial charge in [-0.2, -0.15) is 4.68 Å². The fourth-order valence-corrected chi connectivity index (χ4v) is 3.03. The SMILES string of the molecule is CC[C@@H](C)NC(=O)Cn1c(Cc2ccccc2)nn(-c2ccccc2OC)c1=O. The van der Waals surface area contributed by atoms with Gasteiger partial charge in [-0.05, 0) is 31.0 Å². The Bertz CT molecular complexity index is 1020. The van der Waals surface area contributed by atoms with Gasteiger partial charge in [-0.1, -0.05) is 49.4 Å². The zero-order valence-electron chi connectivity index (χ0n) is 17.0. The highest BCUT2D eigenvalue weighted by Crippen LogP contribution is 2.20. The van der Waals surface area contributed by atoms with Gasteiger partial charge in [0.25, 0.3) is 0 Å². The first-order valence-electron chi connectivity index (χ1n) is 9.68. The summed E-state index contributed by atoms with van der Waals surface area (Å²) >= 11 is 0. The molecule has 29 heavy (non-hydrogen) atoms. The maximum absolute atomic E-state index is 13.2. The summed E-state index contributed by atoms with van der Waals surface area (Å²) in [5, 5.41) is 7.45. The number of para-hydroxylation sites is 2. The first-order valence-corrected chi connectivity index (χ1v) is 9.68. The third-order valence-corrected chi connectivity index (χ3v) is 4.78. The number of benzene rings is 2. The van der Waals surface area contributed by atoms with Crippen LogP contribution in [0.25, 0.3) is 5.69 Å². The van der Waals surface area contributed by atoms with Gasteiger partial charge >= 0.3 is 5.69 Å². The monoisotopic (exact) mass is 394 g/mol. The minimum Gasteiger partial charge on any atom is -0.494 e. The summed E-state index contributed by atoms with van der Waals surface area (Å²) in [4.78, 5) is 25.6. The Morgan fingerprint density at radius 1 is 1.14 bits per heavy atom. The molecule has 0 radical (unpaired) electrons. The summed E-state index contributed by atoms with van der Waals surface area (Å²) in [5.41, 5.74) is 1.17. The van der Waals surface area contributed by atoms with E-state index in [-0.39, 0.29) is 24.2 Å². The summed E-state index contributed by atoms with van der Waals surface area (Å²) in [6.45, 7) is 3.85. The van der Waals surface area contributed by atoms with Gasteiger partial charge in [0.15, 0.2) is 0 Å². The van der Waals surface area contributed by atoms with Crippen molar-refractivity contribution in [3.63, 3.8) is 0 Å². The van der Waals surface area contributed by atoms with Crippen molar-refractivity contribution in [1.82, 2.24) is 19.7 Å². The van der Waals surface area contributed by atoms with Crippen molar-refractivity contribution >= 4 is 5.91 Å². The Hall–Kier alpha value is -3.35. The number of hydrogen-bond acceptors (Lipinski definition) is 4. The number of nitrogens with one attached hydrogen (secondary N) is 1. The van der Waals surface area contributed by atoms with Crippen molar-refractivity contribution in [1.29, 1.82) is 0 Å². The van der Waals surface area contributed by atoms with Crippen LogP contribution in [0.2, 0.25) is 0 Å². The molecule has 0 aliphatic carbocycles. The van der Waals surface area contributed by atoms with E-state index in [1.165, 1.54) is 9.25 Å². The minimum absolute atomic E-state index is 0.0417. The second kappa shape index (κ2) is 9.23. The van der Waals surface area contributed by atoms with Crippen molar-refractivity contribution in [3.05, 3.63) is 76.5 Å². The van der Waals surface area contributed by atoms with Crippen LogP contribution in [-0.4, -0.2) is 33.4 Å². The standard InChI is InChI=1S/C22H26N4O3/c1-4-16(2)23-21(27)15-25-20(14-17-10-6-5-7-11-17)24-26(22(25)28)18-12-8-9-13-19(18)29-3/h5-13,16H,4,14-15H2,1-3H3,(H,23,27)/t16-/m1/s1. The van der Waals surface area contributed by atoms with E-state index in [1.54, 1.807) is 19.2 Å². The quantitative estimate of drug-likeness (QED) is 0.637. The number of rotatable bonds is 8. The maximum Gasteiger partial charge on any atom is 0.351 e. The average molecular weight is 394 g/mol. The Morgan fingerprint density at radius 2 is 1.83 bits per heavy atom. The van der Waals surface area contributed by atoms with Crippen LogP contribution < -0.4 is 15.7 Å². The smallest absolute Gasteiger partial charge is 0.351 e. The third-order valence-electron chi connectivity index (χ3n) is 4.78. The van der Waals surface area contributed by atoms with Crippen LogP contribution in [0.5, 0.6) is 5.75 Å². The van der Waals surface area contributed by atoms with Gasteiger partial charge in [-0.25, -0.2) is 4.79 Å². The van der Waals surface area contributed by atoms with E-state index in [0.717, 1.165) is 12.0 Å². The van der Waals surface area contributed by atoms with E-state index in [2.05, 4.69) is 10.4 Å². The van der Waals surface area contributed by atoms with E-state index in [9.17, 15) is 9.59 Å². The van der Waals surface area contributed by atoms with Crippen molar-refractivity contribution in [2.75, 3.05) is 7.11 Å². The molecule has 0 unspecified atom stereocenters. The Kier molecular flexibility index (Phi) is 6.49. The summed E-state index contributed by atoms with van der Waals surface area (Å²) in [7, 11) is 1.55. The zero-order valence-corrected chi connectivity index (χ0v) is 17.0. The van der Waals surface area contributed by atoms with Gasteiger partial charge in [0.1, 0.15) is 23.8 Å². The highest BCUT2D eigenvalue weighted by atomic mass is 16.5. The van der Waals surface area contributed by atoms with Gasteiger partial charge in [0.2, 0.25) is 5.91 Å². The zero-order chi connectivity index (χ0) is 20.8. The molecule has 2 aromatic carbocycles. The maximum atomic E-state index is 13.2. The molecule has 3 rings (SSSR count). The van der Waals surface area contributed by atoms with Crippen molar-refractivity contribution in [2.24, 2.45) is 0 Å². The Balaban J connectivity index is 2.03. The Morgan fingerprint density at radius 3 is 2.52 bits per heavy atom. The molecule has 0 saturated heterocycles. The van der Waals surface area contributed by atoms with Crippen molar-refractivity contribution < 1.29 is 9.53 Å². The largest absolute Gasteiger partial charge is 0.494 e. The number of methoxy groups -OCH3 is 1. The van der Waals surface area contributed by atoms with Gasteiger partial charge in [-0.15, -0.1) is 5.10 Å². The number of carbonyl (C=O) groups excluding carboxylic acids is 1. The molecule has 7 heteroatoms. The molecular formula is C22H26N4O3. The van der Waals surface area contributed by atoms with Crippen LogP contribution in [-0.2, 0) is 17.8 Å². The molecular weight excluding hydrogens is 368 g/mol. The number of aromatic nitrogens is 3. The molecule has 152 valence electrons. The predicted molar refractivity (Wildman–Crippen MR) is 112 cm³/mol. The van der Waals surface area contributed by atoms with Crippen LogP contribution >= 0.6 is 0 Å². The number of carbonyl (C=O) groups is 1. The van der Waals surface area contributed by atoms with Gasteiger partial charge < -0.3 is 10.1 Å².